The van der Waals surface area contributed by atoms with E-state index in [4.69, 9.17) is 4.99 Å². The van der Waals surface area contributed by atoms with E-state index in [0.717, 1.165) is 31.7 Å². The summed E-state index contributed by atoms with van der Waals surface area (Å²) in [4.78, 5) is 5.73. The van der Waals surface area contributed by atoms with Crippen molar-refractivity contribution >= 4 is 65.9 Å². The highest BCUT2D eigenvalue weighted by atomic mass is 79.9. The fourth-order valence-corrected chi connectivity index (χ4v) is 3.67. The molecule has 0 aliphatic carbocycles. The zero-order valence-corrected chi connectivity index (χ0v) is 18.4. The largest absolute Gasteiger partial charge is 0.313 e. The molecule has 2 nitrogen and oxygen atoms in total. The molecule has 0 atom stereocenters. The number of hydrogen-bond donors (Lipinski definition) is 0. The van der Waals surface area contributed by atoms with Gasteiger partial charge in [0.1, 0.15) is 0 Å². The van der Waals surface area contributed by atoms with Crippen LogP contribution >= 0.6 is 60.2 Å². The first-order valence-electron chi connectivity index (χ1n) is 7.03. The van der Waals surface area contributed by atoms with Gasteiger partial charge in [-0.3, -0.25) is 0 Å². The normalized spacial score (nSPS) is 11.2. The number of hydrogen-bond acceptors (Lipinski definition) is 2. The minimum atomic E-state index is 0. The summed E-state index contributed by atoms with van der Waals surface area (Å²) in [5.74, 6) is 0. The van der Waals surface area contributed by atoms with Crippen LogP contribution in [-0.4, -0.2) is 4.57 Å². The highest BCUT2D eigenvalue weighted by Gasteiger charge is 2.07. The molecule has 0 fully saturated rings. The van der Waals surface area contributed by atoms with Crippen LogP contribution in [0.25, 0.3) is 11.3 Å². The van der Waals surface area contributed by atoms with Gasteiger partial charge in [-0.1, -0.05) is 50.1 Å². The smallest absolute Gasteiger partial charge is 0.190 e. The van der Waals surface area contributed by atoms with Crippen LogP contribution in [0.1, 0.15) is 0 Å². The van der Waals surface area contributed by atoms with Crippen LogP contribution in [0.4, 0.5) is 5.69 Å². The van der Waals surface area contributed by atoms with Crippen molar-refractivity contribution in [2.24, 2.45) is 4.99 Å². The zero-order valence-electron chi connectivity index (χ0n) is 12.7. The van der Waals surface area contributed by atoms with Crippen LogP contribution in [0.5, 0.6) is 0 Å². The molecular formula is C18H15Br3N2S. The monoisotopic (exact) mass is 528 g/mol. The molecule has 0 aliphatic heterocycles. The SMILES string of the molecule is Br.C=CCn1c(-c2ccc(Br)cc2)csc1=Nc1ccc(Br)cc1. The van der Waals surface area contributed by atoms with Crippen molar-refractivity contribution < 1.29 is 0 Å². The van der Waals surface area contributed by atoms with Crippen molar-refractivity contribution in [3.05, 3.63) is 80.3 Å². The van der Waals surface area contributed by atoms with E-state index >= 15 is 0 Å². The minimum Gasteiger partial charge on any atom is -0.313 e. The van der Waals surface area contributed by atoms with E-state index in [9.17, 15) is 0 Å². The second-order valence-electron chi connectivity index (χ2n) is 4.90. The molecule has 0 aliphatic rings. The lowest BCUT2D eigenvalue weighted by atomic mass is 10.2. The summed E-state index contributed by atoms with van der Waals surface area (Å²) in [6.45, 7) is 4.60. The van der Waals surface area contributed by atoms with Gasteiger partial charge >= 0.3 is 0 Å². The Morgan fingerprint density at radius 2 is 1.58 bits per heavy atom. The third kappa shape index (κ3) is 4.57. The van der Waals surface area contributed by atoms with Crippen molar-refractivity contribution in [2.45, 2.75) is 6.54 Å². The van der Waals surface area contributed by atoms with Crippen molar-refractivity contribution in [1.82, 2.24) is 4.57 Å². The van der Waals surface area contributed by atoms with E-state index in [-0.39, 0.29) is 17.0 Å². The average molecular weight is 531 g/mol. The molecule has 0 spiro atoms. The van der Waals surface area contributed by atoms with Crippen molar-refractivity contribution in [3.8, 4) is 11.3 Å². The lowest BCUT2D eigenvalue weighted by Gasteiger charge is -2.06. The zero-order chi connectivity index (χ0) is 16.2. The summed E-state index contributed by atoms with van der Waals surface area (Å²) in [7, 11) is 0. The van der Waals surface area contributed by atoms with Gasteiger partial charge in [-0.05, 0) is 42.0 Å². The first kappa shape index (κ1) is 19.4. The predicted molar refractivity (Wildman–Crippen MR) is 115 cm³/mol. The summed E-state index contributed by atoms with van der Waals surface area (Å²) >= 11 is 8.57. The first-order chi connectivity index (χ1) is 11.2. The quantitative estimate of drug-likeness (QED) is 0.332. The Morgan fingerprint density at radius 1 is 1.00 bits per heavy atom. The molecule has 0 radical (unpaired) electrons. The van der Waals surface area contributed by atoms with Crippen molar-refractivity contribution in [2.75, 3.05) is 0 Å². The van der Waals surface area contributed by atoms with Crippen molar-refractivity contribution in [3.63, 3.8) is 0 Å². The number of rotatable bonds is 4. The van der Waals surface area contributed by atoms with E-state index in [1.165, 1.54) is 5.56 Å². The molecule has 1 aromatic heterocycles. The van der Waals surface area contributed by atoms with E-state index in [1.807, 2.05) is 30.3 Å². The lowest BCUT2D eigenvalue weighted by Crippen LogP contribution is -2.14. The first-order valence-corrected chi connectivity index (χ1v) is 9.49. The van der Waals surface area contributed by atoms with Gasteiger partial charge in [0.2, 0.25) is 0 Å². The number of thiazole rings is 1. The Hall–Kier alpha value is -0.950. The summed E-state index contributed by atoms with van der Waals surface area (Å²) in [6.07, 6.45) is 1.90. The van der Waals surface area contributed by atoms with Gasteiger partial charge in [-0.2, -0.15) is 0 Å². The highest BCUT2D eigenvalue weighted by molar-refractivity contribution is 9.10. The Morgan fingerprint density at radius 3 is 2.17 bits per heavy atom. The van der Waals surface area contributed by atoms with E-state index in [2.05, 4.69) is 72.7 Å². The topological polar surface area (TPSA) is 17.3 Å². The maximum Gasteiger partial charge on any atom is 0.190 e. The molecule has 124 valence electrons. The van der Waals surface area contributed by atoms with Gasteiger partial charge in [-0.25, -0.2) is 4.99 Å². The van der Waals surface area contributed by atoms with Crippen LogP contribution in [0.3, 0.4) is 0 Å². The highest BCUT2D eigenvalue weighted by Crippen LogP contribution is 2.23. The molecule has 3 rings (SSSR count). The number of halogens is 3. The van der Waals surface area contributed by atoms with Gasteiger partial charge in [0.15, 0.2) is 4.80 Å². The molecule has 24 heavy (non-hydrogen) atoms. The minimum absolute atomic E-state index is 0. The molecule has 0 saturated heterocycles. The fourth-order valence-electron chi connectivity index (χ4n) is 2.20. The van der Waals surface area contributed by atoms with Crippen LogP contribution in [0.15, 0.2) is 80.5 Å². The van der Waals surface area contributed by atoms with Gasteiger partial charge in [0.25, 0.3) is 0 Å². The number of nitrogens with zero attached hydrogens (tertiary/aromatic N) is 2. The van der Waals surface area contributed by atoms with Gasteiger partial charge < -0.3 is 4.57 Å². The molecule has 3 aromatic rings. The van der Waals surface area contributed by atoms with Crippen LogP contribution in [0, 0.1) is 0 Å². The maximum absolute atomic E-state index is 4.77. The second kappa shape index (κ2) is 8.94. The third-order valence-corrected chi connectivity index (χ3v) is 5.22. The predicted octanol–water partition coefficient (Wildman–Crippen LogP) is 6.74. The Balaban J connectivity index is 0.00000208. The third-order valence-electron chi connectivity index (χ3n) is 3.30. The molecule has 0 amide bonds. The number of benzene rings is 2. The summed E-state index contributed by atoms with van der Waals surface area (Å²) in [6, 6.07) is 16.3. The second-order valence-corrected chi connectivity index (χ2v) is 7.57. The Labute approximate surface area is 172 Å². The average Bonchev–Trinajstić information content (AvgIpc) is 2.94. The molecule has 1 heterocycles. The molecule has 0 saturated carbocycles. The lowest BCUT2D eigenvalue weighted by molar-refractivity contribution is 0.800. The van der Waals surface area contributed by atoms with Crippen LogP contribution < -0.4 is 4.80 Å². The fraction of sp³-hybridized carbons (Fsp3) is 0.0556. The molecule has 0 N–H and O–H groups in total. The Bertz CT molecular complexity index is 878. The summed E-state index contributed by atoms with van der Waals surface area (Å²) in [5, 5.41) is 2.14. The van der Waals surface area contributed by atoms with Crippen LogP contribution in [0.2, 0.25) is 0 Å². The van der Waals surface area contributed by atoms with Gasteiger partial charge in [0, 0.05) is 20.9 Å². The van der Waals surface area contributed by atoms with Crippen molar-refractivity contribution in [1.29, 1.82) is 0 Å². The van der Waals surface area contributed by atoms with E-state index < -0.39 is 0 Å². The number of allylic oxidation sites excluding steroid dienone is 1. The van der Waals surface area contributed by atoms with Gasteiger partial charge in [-0.15, -0.1) is 34.9 Å². The number of aromatic nitrogens is 1. The summed E-state index contributed by atoms with van der Waals surface area (Å²) in [5.41, 5.74) is 3.26. The molecular weight excluding hydrogens is 516 g/mol. The maximum atomic E-state index is 4.77. The Kier molecular flexibility index (Phi) is 7.22. The van der Waals surface area contributed by atoms with E-state index in [1.54, 1.807) is 11.3 Å². The van der Waals surface area contributed by atoms with Crippen LogP contribution in [-0.2, 0) is 6.54 Å². The van der Waals surface area contributed by atoms with E-state index in [0.29, 0.717) is 0 Å². The molecule has 0 bridgehead atoms. The molecule has 2 aromatic carbocycles. The molecule has 6 heteroatoms. The summed E-state index contributed by atoms with van der Waals surface area (Å²) < 4.78 is 4.31. The van der Waals surface area contributed by atoms with Gasteiger partial charge in [0.05, 0.1) is 11.4 Å². The standard InChI is InChI=1S/C18H14Br2N2S.BrH/c1-2-11-22-17(13-3-5-14(19)6-4-13)12-23-18(22)21-16-9-7-15(20)8-10-16;/h2-10,12H,1,11H2;1H. The molecule has 0 unspecified atom stereocenters.